The van der Waals surface area contributed by atoms with Crippen molar-refractivity contribution in [2.24, 2.45) is 0 Å². The summed E-state index contributed by atoms with van der Waals surface area (Å²) in [6.07, 6.45) is 0. The lowest BCUT2D eigenvalue weighted by molar-refractivity contribution is 0.629. The zero-order valence-electron chi connectivity index (χ0n) is 8.87. The number of pyridine rings is 1. The molecule has 0 unspecified atom stereocenters. The molecule has 0 saturated carbocycles. The van der Waals surface area contributed by atoms with Crippen LogP contribution in [0.5, 0.6) is 0 Å². The third-order valence-electron chi connectivity index (χ3n) is 2.85. The molecule has 16 heavy (non-hydrogen) atoms. The van der Waals surface area contributed by atoms with Crippen LogP contribution in [0.4, 0.5) is 4.39 Å². The van der Waals surface area contributed by atoms with E-state index in [1.165, 1.54) is 6.07 Å². The summed E-state index contributed by atoms with van der Waals surface area (Å²) < 4.78 is 13.2. The number of halogens is 1. The fourth-order valence-electron chi connectivity index (χ4n) is 2.10. The molecule has 0 saturated heterocycles. The van der Waals surface area contributed by atoms with Gasteiger partial charge < -0.3 is 0 Å². The van der Waals surface area contributed by atoms with E-state index in [0.717, 1.165) is 27.4 Å². The van der Waals surface area contributed by atoms with Gasteiger partial charge in [-0.15, -0.1) is 0 Å². The highest BCUT2D eigenvalue weighted by molar-refractivity contribution is 6.06. The van der Waals surface area contributed by atoms with E-state index in [-0.39, 0.29) is 5.82 Å². The maximum absolute atomic E-state index is 13.2. The van der Waals surface area contributed by atoms with E-state index in [2.05, 4.69) is 4.98 Å². The highest BCUT2D eigenvalue weighted by atomic mass is 19.1. The van der Waals surface area contributed by atoms with Crippen LogP contribution in [0.25, 0.3) is 21.7 Å². The first-order valence-corrected chi connectivity index (χ1v) is 5.20. The lowest BCUT2D eigenvalue weighted by atomic mass is 10.0. The Morgan fingerprint density at radius 3 is 2.50 bits per heavy atom. The number of nitrogens with zero attached hydrogens (tertiary/aromatic N) is 1. The van der Waals surface area contributed by atoms with Gasteiger partial charge in [0.05, 0.1) is 5.52 Å². The number of benzene rings is 2. The Kier molecular flexibility index (Phi) is 1.90. The lowest BCUT2D eigenvalue weighted by Crippen LogP contribution is -1.88. The molecule has 0 radical (unpaired) electrons. The van der Waals surface area contributed by atoms with Gasteiger partial charge in [0.2, 0.25) is 0 Å². The largest absolute Gasteiger partial charge is 0.252 e. The molecule has 3 aromatic rings. The van der Waals surface area contributed by atoms with Gasteiger partial charge >= 0.3 is 0 Å². The average Bonchev–Trinajstić information content (AvgIpc) is 2.31. The molecule has 78 valence electrons. The van der Waals surface area contributed by atoms with Crippen molar-refractivity contribution in [2.75, 3.05) is 0 Å². The molecular weight excluding hydrogens is 201 g/mol. The Hall–Kier alpha value is -1.96. The molecule has 0 spiro atoms. The summed E-state index contributed by atoms with van der Waals surface area (Å²) in [5.41, 5.74) is 1.83. The summed E-state index contributed by atoms with van der Waals surface area (Å²) in [5, 5.41) is 3.02. The normalized spacial score (nSPS) is 11.1. The second kappa shape index (κ2) is 3.27. The van der Waals surface area contributed by atoms with Crippen LogP contribution < -0.4 is 0 Å². The molecule has 0 amide bonds. The van der Waals surface area contributed by atoms with Crippen molar-refractivity contribution >= 4 is 21.7 Å². The highest BCUT2D eigenvalue weighted by Gasteiger charge is 2.05. The molecule has 0 aliphatic rings. The van der Waals surface area contributed by atoms with Crippen molar-refractivity contribution in [3.63, 3.8) is 0 Å². The summed E-state index contributed by atoms with van der Waals surface area (Å²) in [6, 6.07) is 12.7. The SMILES string of the molecule is Cc1nc2ccc(F)cc2c2ccccc12. The third-order valence-corrected chi connectivity index (χ3v) is 2.85. The predicted molar refractivity (Wildman–Crippen MR) is 63.9 cm³/mol. The zero-order valence-corrected chi connectivity index (χ0v) is 8.87. The maximum Gasteiger partial charge on any atom is 0.123 e. The van der Waals surface area contributed by atoms with Gasteiger partial charge in [0, 0.05) is 16.5 Å². The first-order valence-electron chi connectivity index (χ1n) is 5.20. The summed E-state index contributed by atoms with van der Waals surface area (Å²) in [5.74, 6) is -0.219. The molecule has 2 heteroatoms. The van der Waals surface area contributed by atoms with E-state index in [4.69, 9.17) is 0 Å². The van der Waals surface area contributed by atoms with Gasteiger partial charge in [0.15, 0.2) is 0 Å². The first kappa shape index (κ1) is 9.28. The number of rotatable bonds is 0. The van der Waals surface area contributed by atoms with Crippen molar-refractivity contribution in [1.82, 2.24) is 4.98 Å². The van der Waals surface area contributed by atoms with Crippen molar-refractivity contribution in [2.45, 2.75) is 6.92 Å². The smallest absolute Gasteiger partial charge is 0.123 e. The minimum absolute atomic E-state index is 0.219. The standard InChI is InChI=1S/C14H10FN/c1-9-11-4-2-3-5-12(11)13-8-10(15)6-7-14(13)16-9/h2-8H,1H3. The third kappa shape index (κ3) is 1.27. The molecule has 0 atom stereocenters. The minimum Gasteiger partial charge on any atom is -0.252 e. The van der Waals surface area contributed by atoms with Crippen molar-refractivity contribution in [3.05, 3.63) is 54.0 Å². The van der Waals surface area contributed by atoms with Gasteiger partial charge in [-0.1, -0.05) is 24.3 Å². The Morgan fingerprint density at radius 2 is 1.69 bits per heavy atom. The minimum atomic E-state index is -0.219. The van der Waals surface area contributed by atoms with E-state index < -0.39 is 0 Å². The summed E-state index contributed by atoms with van der Waals surface area (Å²) in [7, 11) is 0. The van der Waals surface area contributed by atoms with Gasteiger partial charge in [-0.05, 0) is 30.5 Å². The Labute approximate surface area is 92.5 Å². The first-order chi connectivity index (χ1) is 7.75. The van der Waals surface area contributed by atoms with Crippen LogP contribution in [0.2, 0.25) is 0 Å². The van der Waals surface area contributed by atoms with Crippen LogP contribution in [-0.4, -0.2) is 4.98 Å². The van der Waals surface area contributed by atoms with Crippen LogP contribution in [0, 0.1) is 12.7 Å². The lowest BCUT2D eigenvalue weighted by Gasteiger charge is -2.06. The molecule has 2 aromatic carbocycles. The van der Waals surface area contributed by atoms with Gasteiger partial charge in [-0.25, -0.2) is 4.39 Å². The summed E-state index contributed by atoms with van der Waals surface area (Å²) in [4.78, 5) is 4.48. The molecule has 0 fully saturated rings. The summed E-state index contributed by atoms with van der Waals surface area (Å²) >= 11 is 0. The van der Waals surface area contributed by atoms with E-state index in [1.54, 1.807) is 12.1 Å². The van der Waals surface area contributed by atoms with Crippen LogP contribution in [-0.2, 0) is 0 Å². The number of aromatic nitrogens is 1. The Bertz CT molecular complexity index is 689. The quantitative estimate of drug-likeness (QED) is 0.515. The van der Waals surface area contributed by atoms with Crippen LogP contribution in [0.3, 0.4) is 0 Å². The molecule has 1 heterocycles. The van der Waals surface area contributed by atoms with Gasteiger partial charge in [-0.2, -0.15) is 0 Å². The Balaban J connectivity index is 2.61. The van der Waals surface area contributed by atoms with Crippen LogP contribution >= 0.6 is 0 Å². The molecule has 3 rings (SSSR count). The average molecular weight is 211 g/mol. The molecule has 1 aromatic heterocycles. The fourth-order valence-corrected chi connectivity index (χ4v) is 2.10. The molecule has 0 aliphatic carbocycles. The topological polar surface area (TPSA) is 12.9 Å². The molecular formula is C14H10FN. The second-order valence-corrected chi connectivity index (χ2v) is 3.90. The van der Waals surface area contributed by atoms with E-state index in [1.807, 2.05) is 31.2 Å². The number of fused-ring (bicyclic) bond motifs is 3. The number of hydrogen-bond donors (Lipinski definition) is 0. The number of hydrogen-bond acceptors (Lipinski definition) is 1. The molecule has 0 bridgehead atoms. The van der Waals surface area contributed by atoms with Gasteiger partial charge in [0.25, 0.3) is 0 Å². The monoisotopic (exact) mass is 211 g/mol. The van der Waals surface area contributed by atoms with E-state index in [0.29, 0.717) is 0 Å². The molecule has 0 N–H and O–H groups in total. The van der Waals surface area contributed by atoms with Crippen LogP contribution in [0.15, 0.2) is 42.5 Å². The van der Waals surface area contributed by atoms with Gasteiger partial charge in [-0.3, -0.25) is 4.98 Å². The highest BCUT2D eigenvalue weighted by Crippen LogP contribution is 2.26. The van der Waals surface area contributed by atoms with E-state index in [9.17, 15) is 4.39 Å². The Morgan fingerprint density at radius 1 is 0.938 bits per heavy atom. The van der Waals surface area contributed by atoms with Crippen molar-refractivity contribution < 1.29 is 4.39 Å². The summed E-state index contributed by atoms with van der Waals surface area (Å²) in [6.45, 7) is 1.98. The fraction of sp³-hybridized carbons (Fsp3) is 0.0714. The number of aryl methyl sites for hydroxylation is 1. The predicted octanol–water partition coefficient (Wildman–Crippen LogP) is 3.84. The second-order valence-electron chi connectivity index (χ2n) is 3.90. The van der Waals surface area contributed by atoms with Crippen LogP contribution in [0.1, 0.15) is 5.69 Å². The zero-order chi connectivity index (χ0) is 11.1. The van der Waals surface area contributed by atoms with Crippen molar-refractivity contribution in [3.8, 4) is 0 Å². The van der Waals surface area contributed by atoms with Gasteiger partial charge in [0.1, 0.15) is 5.82 Å². The molecule has 0 aliphatic heterocycles. The van der Waals surface area contributed by atoms with E-state index >= 15 is 0 Å². The molecule has 1 nitrogen and oxygen atoms in total. The maximum atomic E-state index is 13.2. The van der Waals surface area contributed by atoms with Crippen molar-refractivity contribution in [1.29, 1.82) is 0 Å².